The van der Waals surface area contributed by atoms with Crippen molar-refractivity contribution in [2.45, 2.75) is 50.0 Å². The first-order valence-electron chi connectivity index (χ1n) is 8.38. The summed E-state index contributed by atoms with van der Waals surface area (Å²) < 4.78 is 27.0. The highest BCUT2D eigenvalue weighted by molar-refractivity contribution is 7.89. The SMILES string of the molecule is CC1CCCCN1S(=O)(=O)c1ccc(C(=O)NCC2CC2)cc1. The molecule has 1 atom stereocenters. The van der Waals surface area contributed by atoms with Crippen molar-refractivity contribution in [1.29, 1.82) is 0 Å². The number of sulfonamides is 1. The zero-order valence-corrected chi connectivity index (χ0v) is 14.3. The number of nitrogens with zero attached hydrogens (tertiary/aromatic N) is 1. The van der Waals surface area contributed by atoms with Crippen molar-refractivity contribution in [3.05, 3.63) is 29.8 Å². The molecule has 1 unspecified atom stereocenters. The number of carbonyl (C=O) groups is 1. The molecule has 23 heavy (non-hydrogen) atoms. The quantitative estimate of drug-likeness (QED) is 0.898. The van der Waals surface area contributed by atoms with Crippen molar-refractivity contribution in [2.75, 3.05) is 13.1 Å². The van der Waals surface area contributed by atoms with E-state index in [4.69, 9.17) is 0 Å². The van der Waals surface area contributed by atoms with Crippen LogP contribution in [0.3, 0.4) is 0 Å². The fourth-order valence-corrected chi connectivity index (χ4v) is 4.70. The molecule has 2 aliphatic rings. The van der Waals surface area contributed by atoms with Crippen LogP contribution in [0.15, 0.2) is 29.2 Å². The van der Waals surface area contributed by atoms with Crippen LogP contribution in [0, 0.1) is 5.92 Å². The maximum absolute atomic E-state index is 12.7. The van der Waals surface area contributed by atoms with Crippen molar-refractivity contribution in [3.8, 4) is 0 Å². The van der Waals surface area contributed by atoms with Crippen LogP contribution >= 0.6 is 0 Å². The van der Waals surface area contributed by atoms with Gasteiger partial charge in [-0.25, -0.2) is 8.42 Å². The topological polar surface area (TPSA) is 66.5 Å². The highest BCUT2D eigenvalue weighted by Gasteiger charge is 2.31. The number of hydrogen-bond acceptors (Lipinski definition) is 3. The van der Waals surface area contributed by atoms with Crippen molar-refractivity contribution in [1.82, 2.24) is 9.62 Å². The molecule has 0 spiro atoms. The minimum atomic E-state index is -3.47. The zero-order chi connectivity index (χ0) is 16.4. The van der Waals surface area contributed by atoms with Crippen LogP contribution < -0.4 is 5.32 Å². The van der Waals surface area contributed by atoms with Gasteiger partial charge in [-0.2, -0.15) is 4.31 Å². The minimum Gasteiger partial charge on any atom is -0.352 e. The number of hydrogen-bond donors (Lipinski definition) is 1. The van der Waals surface area contributed by atoms with Crippen LogP contribution in [0.5, 0.6) is 0 Å². The van der Waals surface area contributed by atoms with E-state index in [2.05, 4.69) is 5.32 Å². The second-order valence-corrected chi connectivity index (χ2v) is 8.53. The van der Waals surface area contributed by atoms with Crippen molar-refractivity contribution >= 4 is 15.9 Å². The summed E-state index contributed by atoms with van der Waals surface area (Å²) in [4.78, 5) is 12.3. The summed E-state index contributed by atoms with van der Waals surface area (Å²) in [6, 6.07) is 6.33. The summed E-state index contributed by atoms with van der Waals surface area (Å²) in [5, 5.41) is 2.89. The predicted octanol–water partition coefficient (Wildman–Crippen LogP) is 2.39. The summed E-state index contributed by atoms with van der Waals surface area (Å²) in [6.07, 6.45) is 5.26. The normalized spacial score (nSPS) is 22.7. The molecule has 0 aromatic heterocycles. The Labute approximate surface area is 138 Å². The van der Waals surface area contributed by atoms with E-state index in [1.165, 1.54) is 12.8 Å². The van der Waals surface area contributed by atoms with Crippen molar-refractivity contribution in [2.24, 2.45) is 5.92 Å². The third-order valence-electron chi connectivity index (χ3n) is 4.71. The molecule has 1 amide bonds. The van der Waals surface area contributed by atoms with E-state index in [0.29, 0.717) is 24.6 Å². The largest absolute Gasteiger partial charge is 0.352 e. The number of rotatable bonds is 5. The smallest absolute Gasteiger partial charge is 0.251 e. The standard InChI is InChI=1S/C17H24N2O3S/c1-13-4-2-3-11-19(13)23(21,22)16-9-7-15(8-10-16)17(20)18-12-14-5-6-14/h7-10,13-14H,2-6,11-12H2,1H3,(H,18,20). The molecule has 2 fully saturated rings. The Balaban J connectivity index is 1.71. The maximum Gasteiger partial charge on any atom is 0.251 e. The lowest BCUT2D eigenvalue weighted by atomic mass is 10.1. The van der Waals surface area contributed by atoms with Gasteiger partial charge in [0.1, 0.15) is 0 Å². The van der Waals surface area contributed by atoms with Gasteiger partial charge in [-0.3, -0.25) is 4.79 Å². The zero-order valence-electron chi connectivity index (χ0n) is 13.5. The van der Waals surface area contributed by atoms with Gasteiger partial charge in [0, 0.05) is 24.7 Å². The molecule has 1 aromatic rings. The molecule has 6 heteroatoms. The molecule has 0 radical (unpaired) electrons. The first-order valence-corrected chi connectivity index (χ1v) is 9.82. The fourth-order valence-electron chi connectivity index (χ4n) is 3.00. The Kier molecular flexibility index (Phi) is 4.73. The summed E-state index contributed by atoms with van der Waals surface area (Å²) in [6.45, 7) is 3.24. The van der Waals surface area contributed by atoms with E-state index in [0.717, 1.165) is 19.3 Å². The Hall–Kier alpha value is -1.40. The lowest BCUT2D eigenvalue weighted by molar-refractivity contribution is 0.0951. The van der Waals surface area contributed by atoms with Crippen LogP contribution in [0.25, 0.3) is 0 Å². The molecule has 1 saturated heterocycles. The van der Waals surface area contributed by atoms with Gasteiger partial charge in [-0.05, 0) is 62.8 Å². The number of amides is 1. The van der Waals surface area contributed by atoms with Gasteiger partial charge < -0.3 is 5.32 Å². The lowest BCUT2D eigenvalue weighted by Gasteiger charge is -2.32. The summed E-state index contributed by atoms with van der Waals surface area (Å²) in [5.41, 5.74) is 0.510. The molecular formula is C17H24N2O3S. The Bertz CT molecular complexity index is 666. The van der Waals surface area contributed by atoms with E-state index in [1.807, 2.05) is 6.92 Å². The molecule has 1 aromatic carbocycles. The highest BCUT2D eigenvalue weighted by Crippen LogP contribution is 2.28. The maximum atomic E-state index is 12.7. The Morgan fingerprint density at radius 1 is 1.17 bits per heavy atom. The first-order chi connectivity index (χ1) is 11.0. The number of piperidine rings is 1. The molecule has 1 heterocycles. The fraction of sp³-hybridized carbons (Fsp3) is 0.588. The van der Waals surface area contributed by atoms with E-state index >= 15 is 0 Å². The average molecular weight is 336 g/mol. The lowest BCUT2D eigenvalue weighted by Crippen LogP contribution is -2.41. The minimum absolute atomic E-state index is 0.0373. The summed E-state index contributed by atoms with van der Waals surface area (Å²) in [7, 11) is -3.47. The Morgan fingerprint density at radius 2 is 1.87 bits per heavy atom. The van der Waals surface area contributed by atoms with Gasteiger partial charge in [0.2, 0.25) is 10.0 Å². The van der Waals surface area contributed by atoms with Gasteiger partial charge in [-0.15, -0.1) is 0 Å². The molecule has 1 aliphatic carbocycles. The monoisotopic (exact) mass is 336 g/mol. The van der Waals surface area contributed by atoms with Gasteiger partial charge in [0.15, 0.2) is 0 Å². The number of carbonyl (C=O) groups excluding carboxylic acids is 1. The third-order valence-corrected chi connectivity index (χ3v) is 6.74. The van der Waals surface area contributed by atoms with Crippen LogP contribution in [0.4, 0.5) is 0 Å². The van der Waals surface area contributed by atoms with Gasteiger partial charge in [0.05, 0.1) is 4.90 Å². The molecule has 0 bridgehead atoms. The van der Waals surface area contributed by atoms with Crippen molar-refractivity contribution in [3.63, 3.8) is 0 Å². The number of benzene rings is 1. The first kappa shape index (κ1) is 16.5. The molecule has 5 nitrogen and oxygen atoms in total. The van der Waals surface area contributed by atoms with E-state index in [9.17, 15) is 13.2 Å². The van der Waals surface area contributed by atoms with Crippen molar-refractivity contribution < 1.29 is 13.2 Å². The summed E-state index contributed by atoms with van der Waals surface area (Å²) in [5.74, 6) is 0.492. The summed E-state index contributed by atoms with van der Waals surface area (Å²) >= 11 is 0. The Morgan fingerprint density at radius 3 is 2.48 bits per heavy atom. The number of nitrogens with one attached hydrogen (secondary N) is 1. The molecule has 3 rings (SSSR count). The van der Waals surface area contributed by atoms with Gasteiger partial charge in [0.25, 0.3) is 5.91 Å². The van der Waals surface area contributed by atoms with E-state index in [1.54, 1.807) is 28.6 Å². The van der Waals surface area contributed by atoms with Crippen LogP contribution in [-0.2, 0) is 10.0 Å². The molecule has 1 aliphatic heterocycles. The van der Waals surface area contributed by atoms with E-state index < -0.39 is 10.0 Å². The molecular weight excluding hydrogens is 312 g/mol. The van der Waals surface area contributed by atoms with Gasteiger partial charge in [-0.1, -0.05) is 6.42 Å². The van der Waals surface area contributed by atoms with E-state index in [-0.39, 0.29) is 16.8 Å². The van der Waals surface area contributed by atoms with Crippen LogP contribution in [0.2, 0.25) is 0 Å². The average Bonchev–Trinajstić information content (AvgIpc) is 3.37. The van der Waals surface area contributed by atoms with Crippen LogP contribution in [0.1, 0.15) is 49.4 Å². The molecule has 1 N–H and O–H groups in total. The third kappa shape index (κ3) is 3.75. The second-order valence-electron chi connectivity index (χ2n) is 6.64. The highest BCUT2D eigenvalue weighted by atomic mass is 32.2. The molecule has 1 saturated carbocycles. The van der Waals surface area contributed by atoms with Crippen LogP contribution in [-0.4, -0.2) is 37.8 Å². The second kappa shape index (κ2) is 6.61. The predicted molar refractivity (Wildman–Crippen MR) is 88.7 cm³/mol. The van der Waals surface area contributed by atoms with Gasteiger partial charge >= 0.3 is 0 Å². The molecule has 126 valence electrons.